The molecule has 0 saturated heterocycles. The van der Waals surface area contributed by atoms with Gasteiger partial charge in [-0.25, -0.2) is 9.59 Å². The Morgan fingerprint density at radius 2 is 0.561 bits per heavy atom. The minimum atomic E-state index is -0.504. The van der Waals surface area contributed by atoms with Crippen molar-refractivity contribution in [1.82, 2.24) is 0 Å². The van der Waals surface area contributed by atoms with Crippen molar-refractivity contribution < 1.29 is 47.6 Å². The predicted molar refractivity (Wildman–Crippen MR) is 260 cm³/mol. The Morgan fingerprint density at radius 1 is 0.303 bits per heavy atom. The summed E-state index contributed by atoms with van der Waals surface area (Å²) in [5.41, 5.74) is 0.796. The molecule has 0 aliphatic heterocycles. The molecule has 0 atom stereocenters. The summed E-state index contributed by atoms with van der Waals surface area (Å²) in [5.74, 6) is 0.796. The van der Waals surface area contributed by atoms with Crippen LogP contribution in [0.5, 0.6) is 34.5 Å². The van der Waals surface area contributed by atoms with Crippen molar-refractivity contribution in [3.05, 3.63) is 108 Å². The van der Waals surface area contributed by atoms with E-state index in [1.54, 1.807) is 97.1 Å². The lowest BCUT2D eigenvalue weighted by Gasteiger charge is -2.09. The van der Waals surface area contributed by atoms with Gasteiger partial charge in [-0.3, -0.25) is 9.59 Å². The Labute approximate surface area is 394 Å². The summed E-state index contributed by atoms with van der Waals surface area (Å²) in [5, 5.41) is 0. The molecule has 0 radical (unpaired) electrons. The van der Waals surface area contributed by atoms with Crippen LogP contribution in [0.15, 0.2) is 97.1 Å². The smallest absolute Gasteiger partial charge is 0.343 e. The van der Waals surface area contributed by atoms with Crippen LogP contribution in [0.4, 0.5) is 0 Å². The number of carbonyl (C=O) groups is 4. The Kier molecular flexibility index (Phi) is 26.4. The third-order valence-electron chi connectivity index (χ3n) is 11.3. The van der Waals surface area contributed by atoms with Crippen LogP contribution in [0, 0.1) is 0 Å². The number of hydrogen-bond donors (Lipinski definition) is 0. The lowest BCUT2D eigenvalue weighted by molar-refractivity contribution is -0.136. The molecule has 0 aliphatic carbocycles. The van der Waals surface area contributed by atoms with Crippen LogP contribution in [0.3, 0.4) is 0 Å². The van der Waals surface area contributed by atoms with E-state index in [1.165, 1.54) is 103 Å². The van der Waals surface area contributed by atoms with Gasteiger partial charge in [0.15, 0.2) is 0 Å². The van der Waals surface area contributed by atoms with E-state index in [0.717, 1.165) is 37.2 Å². The SMILES string of the molecule is CCCCCCCCCCCCOc1ccc(C(=O)Oc2ccc(OC(=O)CCCCC(=O)Oc3ccc(OC(=O)c4ccc(OCCCCCCCCCCCC)cc4)cc3)cc2)cc1. The molecule has 0 unspecified atom stereocenters. The van der Waals surface area contributed by atoms with Crippen molar-refractivity contribution in [2.45, 2.75) is 168 Å². The van der Waals surface area contributed by atoms with E-state index in [2.05, 4.69) is 13.8 Å². The fourth-order valence-electron chi connectivity index (χ4n) is 7.32. The van der Waals surface area contributed by atoms with Gasteiger partial charge in [0.25, 0.3) is 0 Å². The Balaban J connectivity index is 1.02. The molecule has 0 N–H and O–H groups in total. The van der Waals surface area contributed by atoms with E-state index >= 15 is 0 Å². The minimum absolute atomic E-state index is 0.109. The third kappa shape index (κ3) is 23.0. The number of carbonyl (C=O) groups excluding carboxylic acids is 4. The summed E-state index contributed by atoms with van der Waals surface area (Å²) >= 11 is 0. The fraction of sp³-hybridized carbons (Fsp3) is 0.500. The van der Waals surface area contributed by atoms with Crippen LogP contribution in [0.25, 0.3) is 0 Å². The number of benzene rings is 4. The maximum atomic E-state index is 12.7. The van der Waals surface area contributed by atoms with Crippen LogP contribution >= 0.6 is 0 Å². The van der Waals surface area contributed by atoms with Gasteiger partial charge in [0, 0.05) is 12.8 Å². The number of rotatable bonds is 35. The highest BCUT2D eigenvalue weighted by Gasteiger charge is 2.13. The number of ether oxygens (including phenoxy) is 6. The Morgan fingerprint density at radius 3 is 0.864 bits per heavy atom. The van der Waals surface area contributed by atoms with Crippen molar-refractivity contribution >= 4 is 23.9 Å². The van der Waals surface area contributed by atoms with E-state index in [0.29, 0.717) is 60.2 Å². The summed E-state index contributed by atoms with van der Waals surface area (Å²) in [7, 11) is 0. The highest BCUT2D eigenvalue weighted by atomic mass is 16.5. The second kappa shape index (κ2) is 32.9. The highest BCUT2D eigenvalue weighted by Crippen LogP contribution is 2.23. The standard InChI is InChI=1S/C56H74O10/c1-3-5-7-9-11-13-15-17-19-23-43-61-47-31-27-45(28-32-47)55(59)65-51-39-35-49(36-40-51)63-53(57)25-21-22-26-54(58)64-50-37-41-52(42-38-50)66-56(60)46-29-33-48(34-30-46)62-44-24-20-18-16-14-12-10-8-6-4-2/h27-42H,3-26,43-44H2,1-2H3. The molecule has 0 aliphatic rings. The average molecular weight is 907 g/mol. The molecule has 0 amide bonds. The summed E-state index contributed by atoms with van der Waals surface area (Å²) in [6.07, 6.45) is 26.5. The molecule has 358 valence electrons. The molecule has 0 aromatic heterocycles. The Hall–Kier alpha value is -5.64. The van der Waals surface area contributed by atoms with Crippen LogP contribution in [0.2, 0.25) is 0 Å². The molecule has 4 aromatic rings. The van der Waals surface area contributed by atoms with Gasteiger partial charge in [0.05, 0.1) is 24.3 Å². The molecule has 66 heavy (non-hydrogen) atoms. The third-order valence-corrected chi connectivity index (χ3v) is 11.3. The van der Waals surface area contributed by atoms with Crippen molar-refractivity contribution in [2.24, 2.45) is 0 Å². The van der Waals surface area contributed by atoms with Gasteiger partial charge in [-0.05, 0) is 123 Å². The van der Waals surface area contributed by atoms with Crippen LogP contribution in [0.1, 0.15) is 189 Å². The molecule has 10 heteroatoms. The molecular formula is C56H74O10. The van der Waals surface area contributed by atoms with E-state index < -0.39 is 23.9 Å². The first-order valence-electron chi connectivity index (χ1n) is 24.8. The molecule has 4 rings (SSSR count). The lowest BCUT2D eigenvalue weighted by atomic mass is 10.1. The van der Waals surface area contributed by atoms with Crippen molar-refractivity contribution in [3.63, 3.8) is 0 Å². The minimum Gasteiger partial charge on any atom is -0.494 e. The molecule has 0 heterocycles. The monoisotopic (exact) mass is 907 g/mol. The van der Waals surface area contributed by atoms with Gasteiger partial charge in [-0.2, -0.15) is 0 Å². The Bertz CT molecular complexity index is 1800. The largest absolute Gasteiger partial charge is 0.494 e. The van der Waals surface area contributed by atoms with Gasteiger partial charge in [-0.1, -0.05) is 129 Å². The van der Waals surface area contributed by atoms with Gasteiger partial charge in [0.1, 0.15) is 34.5 Å². The molecule has 0 fully saturated rings. The van der Waals surface area contributed by atoms with E-state index in [4.69, 9.17) is 28.4 Å². The zero-order valence-electron chi connectivity index (χ0n) is 39.7. The van der Waals surface area contributed by atoms with Gasteiger partial charge >= 0.3 is 23.9 Å². The highest BCUT2D eigenvalue weighted by molar-refractivity contribution is 5.91. The molecule has 10 nitrogen and oxygen atoms in total. The molecule has 0 saturated carbocycles. The van der Waals surface area contributed by atoms with Gasteiger partial charge < -0.3 is 28.4 Å². The number of esters is 4. The van der Waals surface area contributed by atoms with Crippen LogP contribution < -0.4 is 28.4 Å². The van der Waals surface area contributed by atoms with Gasteiger partial charge in [0.2, 0.25) is 0 Å². The fourth-order valence-corrected chi connectivity index (χ4v) is 7.32. The molecule has 0 spiro atoms. The van der Waals surface area contributed by atoms with Gasteiger partial charge in [-0.15, -0.1) is 0 Å². The first-order chi connectivity index (χ1) is 32.3. The molecule has 0 bridgehead atoms. The second-order valence-corrected chi connectivity index (χ2v) is 17.0. The first kappa shape index (κ1) is 53.0. The topological polar surface area (TPSA) is 124 Å². The van der Waals surface area contributed by atoms with Crippen molar-refractivity contribution in [3.8, 4) is 34.5 Å². The summed E-state index contributed by atoms with van der Waals surface area (Å²) in [4.78, 5) is 50.3. The summed E-state index contributed by atoms with van der Waals surface area (Å²) in [6.45, 7) is 5.80. The van der Waals surface area contributed by atoms with Crippen molar-refractivity contribution in [1.29, 1.82) is 0 Å². The normalized spacial score (nSPS) is 10.9. The van der Waals surface area contributed by atoms with Crippen LogP contribution in [-0.2, 0) is 9.59 Å². The summed E-state index contributed by atoms with van der Waals surface area (Å²) < 4.78 is 33.5. The van der Waals surface area contributed by atoms with E-state index in [9.17, 15) is 19.2 Å². The first-order valence-corrected chi connectivity index (χ1v) is 24.8. The predicted octanol–water partition coefficient (Wildman–Crippen LogP) is 14.8. The zero-order valence-corrected chi connectivity index (χ0v) is 39.7. The number of hydrogen-bond acceptors (Lipinski definition) is 10. The van der Waals surface area contributed by atoms with Crippen LogP contribution in [-0.4, -0.2) is 37.1 Å². The summed E-state index contributed by atoms with van der Waals surface area (Å²) in [6, 6.07) is 26.3. The zero-order chi connectivity index (χ0) is 46.9. The van der Waals surface area contributed by atoms with E-state index in [1.807, 2.05) is 0 Å². The molecular weight excluding hydrogens is 833 g/mol. The van der Waals surface area contributed by atoms with Crippen molar-refractivity contribution in [2.75, 3.05) is 13.2 Å². The average Bonchev–Trinajstić information content (AvgIpc) is 3.33. The maximum absolute atomic E-state index is 12.7. The second-order valence-electron chi connectivity index (χ2n) is 17.0. The lowest BCUT2D eigenvalue weighted by Crippen LogP contribution is -2.11. The quantitative estimate of drug-likeness (QED) is 0.0250. The maximum Gasteiger partial charge on any atom is 0.343 e. The molecule has 4 aromatic carbocycles. The van der Waals surface area contributed by atoms with E-state index in [-0.39, 0.29) is 12.8 Å². The number of unbranched alkanes of at least 4 members (excludes halogenated alkanes) is 19.